The summed E-state index contributed by atoms with van der Waals surface area (Å²) < 4.78 is 1.47. The van der Waals surface area contributed by atoms with E-state index < -0.39 is 5.91 Å². The summed E-state index contributed by atoms with van der Waals surface area (Å²) in [7, 11) is 0. The summed E-state index contributed by atoms with van der Waals surface area (Å²) >= 11 is 6.00. The molecule has 5 nitrogen and oxygen atoms in total. The summed E-state index contributed by atoms with van der Waals surface area (Å²) in [4.78, 5) is 10.9. The first kappa shape index (κ1) is 10.5. The van der Waals surface area contributed by atoms with Gasteiger partial charge in [-0.25, -0.2) is 4.68 Å². The molecule has 0 fully saturated rings. The van der Waals surface area contributed by atoms with E-state index in [1.54, 1.807) is 24.4 Å². The first-order valence-corrected chi connectivity index (χ1v) is 4.86. The molecule has 16 heavy (non-hydrogen) atoms. The number of halogens is 1. The van der Waals surface area contributed by atoms with E-state index in [2.05, 4.69) is 5.10 Å². The number of rotatable bonds is 2. The Labute approximate surface area is 96.6 Å². The highest BCUT2D eigenvalue weighted by Gasteiger charge is 2.08. The van der Waals surface area contributed by atoms with Crippen LogP contribution in [0.4, 0.5) is 5.69 Å². The fourth-order valence-corrected chi connectivity index (χ4v) is 1.57. The highest BCUT2D eigenvalue weighted by Crippen LogP contribution is 2.22. The largest absolute Gasteiger partial charge is 0.399 e. The Balaban J connectivity index is 2.46. The molecular weight excluding hydrogens is 228 g/mol. The summed E-state index contributed by atoms with van der Waals surface area (Å²) in [6.45, 7) is 0. The molecule has 1 aromatic carbocycles. The molecule has 6 heteroatoms. The van der Waals surface area contributed by atoms with Crippen LogP contribution in [0.1, 0.15) is 10.5 Å². The van der Waals surface area contributed by atoms with Crippen LogP contribution in [0.2, 0.25) is 5.02 Å². The Kier molecular flexibility index (Phi) is 2.54. The highest BCUT2D eigenvalue weighted by atomic mass is 35.5. The van der Waals surface area contributed by atoms with Crippen molar-refractivity contribution in [1.29, 1.82) is 0 Å². The zero-order chi connectivity index (χ0) is 11.7. The lowest BCUT2D eigenvalue weighted by molar-refractivity contribution is 0.0995. The molecular formula is C10H9ClN4O. The maximum Gasteiger partial charge on any atom is 0.269 e. The van der Waals surface area contributed by atoms with Gasteiger partial charge in [0.05, 0.1) is 10.7 Å². The van der Waals surface area contributed by atoms with Crippen LogP contribution in [0.25, 0.3) is 5.69 Å². The van der Waals surface area contributed by atoms with Gasteiger partial charge in [0, 0.05) is 11.9 Å². The normalized spacial score (nSPS) is 10.3. The van der Waals surface area contributed by atoms with E-state index in [4.69, 9.17) is 23.1 Å². The first-order valence-electron chi connectivity index (χ1n) is 4.49. The lowest BCUT2D eigenvalue weighted by atomic mass is 10.3. The van der Waals surface area contributed by atoms with Gasteiger partial charge in [0.2, 0.25) is 0 Å². The molecule has 0 bridgehead atoms. The summed E-state index contributed by atoms with van der Waals surface area (Å²) in [5.41, 5.74) is 12.1. The number of nitrogen functional groups attached to an aromatic ring is 1. The third-order valence-corrected chi connectivity index (χ3v) is 2.36. The molecule has 0 saturated carbocycles. The number of hydrogen-bond acceptors (Lipinski definition) is 3. The minimum Gasteiger partial charge on any atom is -0.399 e. The molecule has 0 aliphatic rings. The van der Waals surface area contributed by atoms with Gasteiger partial charge < -0.3 is 11.5 Å². The molecule has 0 spiro atoms. The van der Waals surface area contributed by atoms with Crippen molar-refractivity contribution in [1.82, 2.24) is 9.78 Å². The second-order valence-electron chi connectivity index (χ2n) is 3.22. The second kappa shape index (κ2) is 3.86. The molecule has 0 aliphatic carbocycles. The van der Waals surface area contributed by atoms with E-state index in [1.165, 1.54) is 10.7 Å². The van der Waals surface area contributed by atoms with Crippen molar-refractivity contribution in [3.8, 4) is 5.69 Å². The Hall–Kier alpha value is -2.01. The van der Waals surface area contributed by atoms with Crippen LogP contribution >= 0.6 is 11.6 Å². The predicted molar refractivity (Wildman–Crippen MR) is 61.5 cm³/mol. The number of hydrogen-bond donors (Lipinski definition) is 2. The van der Waals surface area contributed by atoms with Crippen molar-refractivity contribution in [2.75, 3.05) is 5.73 Å². The predicted octanol–water partition coefficient (Wildman–Crippen LogP) is 1.21. The molecule has 4 N–H and O–H groups in total. The number of nitrogens with zero attached hydrogens (tertiary/aromatic N) is 2. The van der Waals surface area contributed by atoms with Crippen molar-refractivity contribution in [3.63, 3.8) is 0 Å². The third kappa shape index (κ3) is 1.85. The molecule has 0 radical (unpaired) electrons. The topological polar surface area (TPSA) is 86.9 Å². The van der Waals surface area contributed by atoms with Crippen LogP contribution in [0.5, 0.6) is 0 Å². The van der Waals surface area contributed by atoms with Crippen LogP contribution < -0.4 is 11.5 Å². The Morgan fingerprint density at radius 2 is 2.12 bits per heavy atom. The van der Waals surface area contributed by atoms with Crippen molar-refractivity contribution in [2.45, 2.75) is 0 Å². The summed E-state index contributed by atoms with van der Waals surface area (Å²) in [6, 6.07) is 6.56. The third-order valence-electron chi connectivity index (χ3n) is 2.06. The van der Waals surface area contributed by atoms with E-state index in [0.717, 1.165) is 0 Å². The fraction of sp³-hybridized carbons (Fsp3) is 0. The van der Waals surface area contributed by atoms with Crippen LogP contribution in [-0.2, 0) is 0 Å². The minimum absolute atomic E-state index is 0.188. The monoisotopic (exact) mass is 236 g/mol. The fourth-order valence-electron chi connectivity index (χ4n) is 1.30. The maximum atomic E-state index is 10.9. The highest BCUT2D eigenvalue weighted by molar-refractivity contribution is 6.32. The Morgan fingerprint density at radius 1 is 1.38 bits per heavy atom. The van der Waals surface area contributed by atoms with Crippen molar-refractivity contribution < 1.29 is 4.79 Å². The number of aromatic nitrogens is 2. The van der Waals surface area contributed by atoms with E-state index in [9.17, 15) is 4.79 Å². The van der Waals surface area contributed by atoms with E-state index in [1.807, 2.05) is 0 Å². The van der Waals surface area contributed by atoms with Gasteiger partial charge in [0.25, 0.3) is 5.91 Å². The summed E-state index contributed by atoms with van der Waals surface area (Å²) in [5, 5.41) is 4.44. The van der Waals surface area contributed by atoms with Crippen LogP contribution in [0.15, 0.2) is 30.5 Å². The van der Waals surface area contributed by atoms with E-state index >= 15 is 0 Å². The average Bonchev–Trinajstić information content (AvgIpc) is 2.66. The smallest absolute Gasteiger partial charge is 0.269 e. The molecule has 0 saturated heterocycles. The number of primary amides is 1. The standard InChI is InChI=1S/C10H9ClN4O/c11-7-5-6(12)1-2-9(7)15-4-3-8(14-15)10(13)16/h1-5H,12H2,(H2,13,16). The van der Waals surface area contributed by atoms with Gasteiger partial charge in [-0.05, 0) is 24.3 Å². The summed E-state index contributed by atoms with van der Waals surface area (Å²) in [6.07, 6.45) is 1.61. The average molecular weight is 237 g/mol. The number of carbonyl (C=O) groups is 1. The van der Waals surface area contributed by atoms with Crippen molar-refractivity contribution in [3.05, 3.63) is 41.2 Å². The molecule has 0 unspecified atom stereocenters. The number of anilines is 1. The van der Waals surface area contributed by atoms with Gasteiger partial charge in [-0.1, -0.05) is 11.6 Å². The number of benzene rings is 1. The molecule has 1 aromatic heterocycles. The molecule has 2 aromatic rings. The van der Waals surface area contributed by atoms with E-state index in [-0.39, 0.29) is 5.69 Å². The van der Waals surface area contributed by atoms with E-state index in [0.29, 0.717) is 16.4 Å². The van der Waals surface area contributed by atoms with Gasteiger partial charge in [-0.2, -0.15) is 5.10 Å². The van der Waals surface area contributed by atoms with Gasteiger partial charge >= 0.3 is 0 Å². The van der Waals surface area contributed by atoms with Gasteiger partial charge in [0.1, 0.15) is 5.69 Å². The Morgan fingerprint density at radius 3 is 2.69 bits per heavy atom. The quantitative estimate of drug-likeness (QED) is 0.769. The lowest BCUT2D eigenvalue weighted by Gasteiger charge is -2.04. The molecule has 82 valence electrons. The molecule has 2 rings (SSSR count). The SMILES string of the molecule is NC(=O)c1ccn(-c2ccc(N)cc2Cl)n1. The van der Waals surface area contributed by atoms with Crippen LogP contribution in [0, 0.1) is 0 Å². The lowest BCUT2D eigenvalue weighted by Crippen LogP contribution is -2.12. The van der Waals surface area contributed by atoms with Crippen LogP contribution in [-0.4, -0.2) is 15.7 Å². The number of amides is 1. The second-order valence-corrected chi connectivity index (χ2v) is 3.63. The zero-order valence-corrected chi connectivity index (χ0v) is 8.98. The molecule has 0 atom stereocenters. The summed E-state index contributed by atoms with van der Waals surface area (Å²) in [5.74, 6) is -0.578. The Bertz CT molecular complexity index is 550. The number of nitrogens with two attached hydrogens (primary N) is 2. The molecule has 0 aliphatic heterocycles. The van der Waals surface area contributed by atoms with Gasteiger partial charge in [-0.3, -0.25) is 4.79 Å². The number of carbonyl (C=O) groups excluding carboxylic acids is 1. The minimum atomic E-state index is -0.578. The molecule has 1 amide bonds. The first-order chi connectivity index (χ1) is 7.58. The van der Waals surface area contributed by atoms with Gasteiger partial charge in [0.15, 0.2) is 0 Å². The van der Waals surface area contributed by atoms with Gasteiger partial charge in [-0.15, -0.1) is 0 Å². The molecule has 1 heterocycles. The van der Waals surface area contributed by atoms with Crippen LogP contribution in [0.3, 0.4) is 0 Å². The van der Waals surface area contributed by atoms with Crippen molar-refractivity contribution >= 4 is 23.2 Å². The van der Waals surface area contributed by atoms with Crippen molar-refractivity contribution in [2.24, 2.45) is 5.73 Å². The maximum absolute atomic E-state index is 10.9. The zero-order valence-electron chi connectivity index (χ0n) is 8.22.